The van der Waals surface area contributed by atoms with Crippen LogP contribution in [0.5, 0.6) is 0 Å². The number of anilines is 1. The summed E-state index contributed by atoms with van der Waals surface area (Å²) in [6.07, 6.45) is 4.11. The van der Waals surface area contributed by atoms with Crippen molar-refractivity contribution in [1.82, 2.24) is 0 Å². The van der Waals surface area contributed by atoms with Crippen LogP contribution in [0.2, 0.25) is 5.02 Å². The van der Waals surface area contributed by atoms with Gasteiger partial charge < -0.3 is 5.32 Å². The molecule has 4 heteroatoms. The van der Waals surface area contributed by atoms with Gasteiger partial charge in [0.25, 0.3) is 0 Å². The first kappa shape index (κ1) is 13.2. The fourth-order valence-electron chi connectivity index (χ4n) is 2.43. The third-order valence-electron chi connectivity index (χ3n) is 3.52. The summed E-state index contributed by atoms with van der Waals surface area (Å²) in [5.74, 6) is -0.286. The number of nitriles is 1. The Bertz CT molecular complexity index is 481. The van der Waals surface area contributed by atoms with Gasteiger partial charge >= 0.3 is 0 Å². The van der Waals surface area contributed by atoms with Crippen molar-refractivity contribution >= 4 is 17.3 Å². The highest BCUT2D eigenvalue weighted by Crippen LogP contribution is 2.31. The Kier molecular flexibility index (Phi) is 4.08. The number of halogens is 2. The van der Waals surface area contributed by atoms with E-state index < -0.39 is 0 Å². The molecule has 1 fully saturated rings. The molecule has 1 saturated carbocycles. The number of nitrogens with one attached hydrogen (secondary N) is 1. The zero-order chi connectivity index (χ0) is 13.1. The van der Waals surface area contributed by atoms with Crippen molar-refractivity contribution in [3.63, 3.8) is 0 Å². The Labute approximate surface area is 112 Å². The van der Waals surface area contributed by atoms with Crippen LogP contribution in [0.15, 0.2) is 12.1 Å². The molecule has 96 valence electrons. The summed E-state index contributed by atoms with van der Waals surface area (Å²) in [6.45, 7) is 1.71. The monoisotopic (exact) mass is 266 g/mol. The van der Waals surface area contributed by atoms with Crippen molar-refractivity contribution in [2.45, 2.75) is 38.6 Å². The van der Waals surface area contributed by atoms with Gasteiger partial charge in [0.2, 0.25) is 0 Å². The second-order valence-corrected chi connectivity index (χ2v) is 5.26. The fourth-order valence-corrected chi connectivity index (χ4v) is 2.63. The summed E-state index contributed by atoms with van der Waals surface area (Å²) in [7, 11) is 0. The summed E-state index contributed by atoms with van der Waals surface area (Å²) < 4.78 is 13.3. The SMILES string of the molecule is Cc1cc(NC2CCCCC2C#N)c(Cl)cc1F. The Morgan fingerprint density at radius 3 is 2.83 bits per heavy atom. The smallest absolute Gasteiger partial charge is 0.127 e. The van der Waals surface area contributed by atoms with Gasteiger partial charge in [-0.15, -0.1) is 0 Å². The lowest BCUT2D eigenvalue weighted by atomic mass is 9.85. The maximum absolute atomic E-state index is 13.3. The number of benzene rings is 1. The van der Waals surface area contributed by atoms with E-state index >= 15 is 0 Å². The van der Waals surface area contributed by atoms with Crippen molar-refractivity contribution in [3.8, 4) is 6.07 Å². The lowest BCUT2D eigenvalue weighted by Crippen LogP contribution is -2.31. The minimum Gasteiger partial charge on any atom is -0.380 e. The van der Waals surface area contributed by atoms with Gasteiger partial charge in [0.15, 0.2) is 0 Å². The van der Waals surface area contributed by atoms with Crippen LogP contribution in [0.25, 0.3) is 0 Å². The number of rotatable bonds is 2. The molecule has 1 aliphatic rings. The molecule has 0 amide bonds. The van der Waals surface area contributed by atoms with Crippen LogP contribution >= 0.6 is 11.6 Å². The Balaban J connectivity index is 2.18. The molecule has 2 nitrogen and oxygen atoms in total. The first-order valence-electron chi connectivity index (χ1n) is 6.23. The molecule has 0 spiro atoms. The molecule has 0 aromatic heterocycles. The summed E-state index contributed by atoms with van der Waals surface area (Å²) in [6, 6.07) is 5.49. The zero-order valence-corrected chi connectivity index (χ0v) is 11.1. The molecule has 2 unspecified atom stereocenters. The molecule has 1 aromatic carbocycles. The van der Waals surface area contributed by atoms with Gasteiger partial charge in [0.05, 0.1) is 22.7 Å². The first-order valence-corrected chi connectivity index (χ1v) is 6.61. The highest BCUT2D eigenvalue weighted by atomic mass is 35.5. The largest absolute Gasteiger partial charge is 0.380 e. The number of nitrogens with zero attached hydrogens (tertiary/aromatic N) is 1. The zero-order valence-electron chi connectivity index (χ0n) is 10.3. The first-order chi connectivity index (χ1) is 8.61. The Morgan fingerprint density at radius 1 is 1.39 bits per heavy atom. The van der Waals surface area contributed by atoms with E-state index in [0.29, 0.717) is 10.6 Å². The third kappa shape index (κ3) is 2.76. The third-order valence-corrected chi connectivity index (χ3v) is 3.83. The Hall–Kier alpha value is -1.27. The summed E-state index contributed by atoms with van der Waals surface area (Å²) in [5.41, 5.74) is 1.29. The second-order valence-electron chi connectivity index (χ2n) is 4.85. The molecule has 1 N–H and O–H groups in total. The number of hydrogen-bond acceptors (Lipinski definition) is 2. The summed E-state index contributed by atoms with van der Waals surface area (Å²) in [5, 5.41) is 12.8. The van der Waals surface area contributed by atoms with E-state index in [1.807, 2.05) is 0 Å². The van der Waals surface area contributed by atoms with Crippen LogP contribution < -0.4 is 5.32 Å². The normalized spacial score (nSPS) is 23.4. The molecule has 2 atom stereocenters. The summed E-state index contributed by atoms with van der Waals surface area (Å²) in [4.78, 5) is 0. The second kappa shape index (κ2) is 5.58. The van der Waals surface area contributed by atoms with Gasteiger partial charge in [0.1, 0.15) is 5.82 Å². The lowest BCUT2D eigenvalue weighted by Gasteiger charge is -2.29. The van der Waals surface area contributed by atoms with Gasteiger partial charge in [-0.1, -0.05) is 24.4 Å². The minimum atomic E-state index is -0.300. The van der Waals surface area contributed by atoms with Gasteiger partial charge in [-0.05, 0) is 37.5 Å². The van der Waals surface area contributed by atoms with E-state index in [4.69, 9.17) is 16.9 Å². The highest BCUT2D eigenvalue weighted by molar-refractivity contribution is 6.33. The maximum atomic E-state index is 13.3. The molecule has 0 heterocycles. The van der Waals surface area contributed by atoms with E-state index in [1.54, 1.807) is 13.0 Å². The molecule has 18 heavy (non-hydrogen) atoms. The minimum absolute atomic E-state index is 0.0141. The van der Waals surface area contributed by atoms with Crippen molar-refractivity contribution in [3.05, 3.63) is 28.5 Å². The molecule has 0 aliphatic heterocycles. The Morgan fingerprint density at radius 2 is 2.11 bits per heavy atom. The van der Waals surface area contributed by atoms with Crippen LogP contribution in [0, 0.1) is 30.0 Å². The maximum Gasteiger partial charge on any atom is 0.127 e. The van der Waals surface area contributed by atoms with E-state index in [2.05, 4.69) is 11.4 Å². The average molecular weight is 267 g/mol. The predicted octanol–water partition coefficient (Wildman–Crippen LogP) is 4.28. The van der Waals surface area contributed by atoms with Crippen molar-refractivity contribution in [2.24, 2.45) is 5.92 Å². The number of hydrogen-bond donors (Lipinski definition) is 1. The molecular weight excluding hydrogens is 251 g/mol. The van der Waals surface area contributed by atoms with Crippen LogP contribution in [0.1, 0.15) is 31.2 Å². The lowest BCUT2D eigenvalue weighted by molar-refractivity contribution is 0.389. The topological polar surface area (TPSA) is 35.8 Å². The van der Waals surface area contributed by atoms with Crippen molar-refractivity contribution in [2.75, 3.05) is 5.32 Å². The molecule has 0 bridgehead atoms. The molecule has 0 radical (unpaired) electrons. The van der Waals surface area contributed by atoms with Crippen LogP contribution in [-0.4, -0.2) is 6.04 Å². The van der Waals surface area contributed by atoms with E-state index in [1.165, 1.54) is 6.07 Å². The van der Waals surface area contributed by atoms with E-state index in [0.717, 1.165) is 31.4 Å². The average Bonchev–Trinajstić information content (AvgIpc) is 2.36. The molecule has 0 saturated heterocycles. The van der Waals surface area contributed by atoms with Gasteiger partial charge in [-0.2, -0.15) is 5.26 Å². The van der Waals surface area contributed by atoms with Gasteiger partial charge in [-0.3, -0.25) is 0 Å². The van der Waals surface area contributed by atoms with Crippen molar-refractivity contribution in [1.29, 1.82) is 5.26 Å². The molecular formula is C14H16ClFN2. The van der Waals surface area contributed by atoms with Crippen molar-refractivity contribution < 1.29 is 4.39 Å². The quantitative estimate of drug-likeness (QED) is 0.867. The predicted molar refractivity (Wildman–Crippen MR) is 71.1 cm³/mol. The highest BCUT2D eigenvalue weighted by Gasteiger charge is 2.25. The van der Waals surface area contributed by atoms with Crippen LogP contribution in [0.4, 0.5) is 10.1 Å². The number of aryl methyl sites for hydroxylation is 1. The standard InChI is InChI=1S/C14H16ClFN2/c1-9-6-14(11(15)7-12(9)16)18-13-5-3-2-4-10(13)8-17/h6-7,10,13,18H,2-5H2,1H3. The molecule has 1 aliphatic carbocycles. The van der Waals surface area contributed by atoms with E-state index in [9.17, 15) is 4.39 Å². The molecule has 2 rings (SSSR count). The van der Waals surface area contributed by atoms with Gasteiger partial charge in [-0.25, -0.2) is 4.39 Å². The fraction of sp³-hybridized carbons (Fsp3) is 0.500. The molecule has 1 aromatic rings. The summed E-state index contributed by atoms with van der Waals surface area (Å²) >= 11 is 6.03. The van der Waals surface area contributed by atoms with E-state index in [-0.39, 0.29) is 17.8 Å². The van der Waals surface area contributed by atoms with Crippen LogP contribution in [0.3, 0.4) is 0 Å². The van der Waals surface area contributed by atoms with Crippen LogP contribution in [-0.2, 0) is 0 Å². The van der Waals surface area contributed by atoms with Gasteiger partial charge in [0, 0.05) is 6.04 Å².